The van der Waals surface area contributed by atoms with Gasteiger partial charge in [-0.3, -0.25) is 10.2 Å². The highest BCUT2D eigenvalue weighted by atomic mass is 16.1. The minimum atomic E-state index is 0.0634. The summed E-state index contributed by atoms with van der Waals surface area (Å²) in [5.74, 6) is 0.0634. The summed E-state index contributed by atoms with van der Waals surface area (Å²) in [6.45, 7) is 0. The van der Waals surface area contributed by atoms with Crippen molar-refractivity contribution in [3.8, 4) is 0 Å². The van der Waals surface area contributed by atoms with E-state index in [1.165, 1.54) is 0 Å². The molecule has 3 nitrogen and oxygen atoms in total. The monoisotopic (exact) mass is 175 g/mol. The minimum Gasteiger partial charge on any atom is -0.384 e. The van der Waals surface area contributed by atoms with Gasteiger partial charge in [-0.05, 0) is 12.0 Å². The second-order valence-electron chi connectivity index (χ2n) is 2.75. The first kappa shape index (κ1) is 9.45. The van der Waals surface area contributed by atoms with Crippen LogP contribution in [-0.2, 0) is 11.2 Å². The molecule has 13 heavy (non-hydrogen) atoms. The van der Waals surface area contributed by atoms with Crippen molar-refractivity contribution in [3.05, 3.63) is 35.4 Å². The lowest BCUT2D eigenvalue weighted by Gasteiger charge is -2.00. The average Bonchev–Trinajstić information content (AvgIpc) is 2.15. The van der Waals surface area contributed by atoms with Crippen LogP contribution in [0, 0.1) is 5.41 Å². The van der Waals surface area contributed by atoms with E-state index in [0.29, 0.717) is 18.4 Å². The molecule has 67 valence electrons. The number of carbonyl (C=O) groups excluding carboxylic acids is 1. The maximum atomic E-state index is 9.97. The quantitative estimate of drug-likeness (QED) is 0.529. The summed E-state index contributed by atoms with van der Waals surface area (Å²) in [6.07, 6.45) is 2.95. The van der Waals surface area contributed by atoms with Gasteiger partial charge in [-0.2, -0.15) is 0 Å². The first-order valence-corrected chi connectivity index (χ1v) is 4.02. The molecule has 0 aliphatic rings. The molecule has 0 amide bonds. The van der Waals surface area contributed by atoms with Crippen molar-refractivity contribution in [1.82, 2.24) is 0 Å². The summed E-state index contributed by atoms with van der Waals surface area (Å²) in [7, 11) is 0. The van der Waals surface area contributed by atoms with Crippen LogP contribution in [0.4, 0.5) is 0 Å². The maximum Gasteiger partial charge on any atom is 0.198 e. The highest BCUT2D eigenvalue weighted by molar-refractivity contribution is 5.94. The first-order chi connectivity index (χ1) is 6.24. The van der Waals surface area contributed by atoms with E-state index in [4.69, 9.17) is 11.1 Å². The Kier molecular flexibility index (Phi) is 3.20. The van der Waals surface area contributed by atoms with Crippen molar-refractivity contribution in [2.45, 2.75) is 12.8 Å². The summed E-state index contributed by atoms with van der Waals surface area (Å²) in [4.78, 5) is 9.97. The van der Waals surface area contributed by atoms with Gasteiger partial charge in [0.05, 0.1) is 0 Å². The van der Waals surface area contributed by atoms with Gasteiger partial charge < -0.3 is 5.73 Å². The molecule has 0 aliphatic carbocycles. The second-order valence-corrected chi connectivity index (χ2v) is 2.75. The van der Waals surface area contributed by atoms with E-state index in [1.807, 2.05) is 18.4 Å². The highest BCUT2D eigenvalue weighted by Gasteiger charge is 1.96. The normalized spacial score (nSPS) is 9.54. The molecule has 1 rings (SSSR count). The average molecular weight is 175 g/mol. The number of nitrogens with one attached hydrogen (secondary N) is 1. The van der Waals surface area contributed by atoms with Crippen molar-refractivity contribution >= 4 is 12.1 Å². The number of hydrogen-bond acceptors (Lipinski definition) is 2. The SMILES string of the molecule is N=C(N)c1ccc(CC[C]=O)cc1. The zero-order valence-electron chi connectivity index (χ0n) is 7.21. The Hall–Kier alpha value is -1.64. The van der Waals surface area contributed by atoms with Crippen molar-refractivity contribution in [2.75, 3.05) is 0 Å². The lowest BCUT2D eigenvalue weighted by molar-refractivity contribution is 0.551. The van der Waals surface area contributed by atoms with Gasteiger partial charge in [0.25, 0.3) is 0 Å². The van der Waals surface area contributed by atoms with Crippen LogP contribution in [0.1, 0.15) is 17.5 Å². The number of benzene rings is 1. The van der Waals surface area contributed by atoms with Crippen molar-refractivity contribution in [2.24, 2.45) is 5.73 Å². The van der Waals surface area contributed by atoms with Crippen LogP contribution < -0.4 is 5.73 Å². The predicted octanol–water partition coefficient (Wildman–Crippen LogP) is 1.01. The number of amidine groups is 1. The summed E-state index contributed by atoms with van der Waals surface area (Å²) < 4.78 is 0. The van der Waals surface area contributed by atoms with Crippen LogP contribution in [-0.4, -0.2) is 12.1 Å². The van der Waals surface area contributed by atoms with Gasteiger partial charge in [-0.15, -0.1) is 0 Å². The number of aryl methyl sites for hydroxylation is 1. The molecule has 3 N–H and O–H groups in total. The molecular formula is C10H11N2O. The molecule has 3 heteroatoms. The van der Waals surface area contributed by atoms with E-state index < -0.39 is 0 Å². The number of rotatable bonds is 4. The van der Waals surface area contributed by atoms with Crippen LogP contribution in [0.15, 0.2) is 24.3 Å². The zero-order valence-corrected chi connectivity index (χ0v) is 7.21. The molecule has 1 radical (unpaired) electrons. The van der Waals surface area contributed by atoms with E-state index in [0.717, 1.165) is 5.56 Å². The summed E-state index contributed by atoms with van der Waals surface area (Å²) in [5.41, 5.74) is 7.06. The molecule has 0 fully saturated rings. The number of nitrogens with two attached hydrogens (primary N) is 1. The topological polar surface area (TPSA) is 66.9 Å². The number of nitrogen functional groups attached to an aromatic ring is 1. The third-order valence-electron chi connectivity index (χ3n) is 1.78. The number of hydrogen-bond donors (Lipinski definition) is 2. The molecule has 0 saturated carbocycles. The Morgan fingerprint density at radius 2 is 2.00 bits per heavy atom. The van der Waals surface area contributed by atoms with Gasteiger partial charge in [-0.25, -0.2) is 0 Å². The lowest BCUT2D eigenvalue weighted by Crippen LogP contribution is -2.10. The van der Waals surface area contributed by atoms with Crippen LogP contribution in [0.5, 0.6) is 0 Å². The van der Waals surface area contributed by atoms with Crippen molar-refractivity contribution in [1.29, 1.82) is 5.41 Å². The van der Waals surface area contributed by atoms with E-state index >= 15 is 0 Å². The third kappa shape index (κ3) is 2.71. The fraction of sp³-hybridized carbons (Fsp3) is 0.200. The molecule has 0 aromatic heterocycles. The molecular weight excluding hydrogens is 164 g/mol. The molecule has 0 bridgehead atoms. The van der Waals surface area contributed by atoms with Crippen LogP contribution >= 0.6 is 0 Å². The predicted molar refractivity (Wildman–Crippen MR) is 51.5 cm³/mol. The van der Waals surface area contributed by atoms with Gasteiger partial charge in [0.2, 0.25) is 0 Å². The summed E-state index contributed by atoms with van der Waals surface area (Å²) >= 11 is 0. The molecule has 0 unspecified atom stereocenters. The lowest BCUT2D eigenvalue weighted by atomic mass is 10.1. The molecule has 0 heterocycles. The molecule has 1 aromatic rings. The van der Waals surface area contributed by atoms with Gasteiger partial charge >= 0.3 is 0 Å². The van der Waals surface area contributed by atoms with E-state index in [1.54, 1.807) is 12.1 Å². The molecule has 1 aromatic carbocycles. The molecule has 0 saturated heterocycles. The van der Waals surface area contributed by atoms with E-state index in [2.05, 4.69) is 0 Å². The van der Waals surface area contributed by atoms with Gasteiger partial charge in [-0.1, -0.05) is 24.3 Å². The Morgan fingerprint density at radius 3 is 2.46 bits per heavy atom. The minimum absolute atomic E-state index is 0.0634. The maximum absolute atomic E-state index is 9.97. The van der Waals surface area contributed by atoms with Crippen LogP contribution in [0.25, 0.3) is 0 Å². The van der Waals surface area contributed by atoms with E-state index in [9.17, 15) is 4.79 Å². The molecule has 0 aliphatic heterocycles. The highest BCUT2D eigenvalue weighted by Crippen LogP contribution is 2.05. The van der Waals surface area contributed by atoms with Crippen molar-refractivity contribution < 1.29 is 4.79 Å². The van der Waals surface area contributed by atoms with Crippen molar-refractivity contribution in [3.63, 3.8) is 0 Å². The zero-order chi connectivity index (χ0) is 9.68. The van der Waals surface area contributed by atoms with Gasteiger partial charge in [0.15, 0.2) is 6.29 Å². The summed E-state index contributed by atoms with van der Waals surface area (Å²) in [6, 6.07) is 7.30. The Bertz CT molecular complexity index is 303. The van der Waals surface area contributed by atoms with Crippen LogP contribution in [0.2, 0.25) is 0 Å². The van der Waals surface area contributed by atoms with Gasteiger partial charge in [0.1, 0.15) is 5.84 Å². The van der Waals surface area contributed by atoms with Crippen LogP contribution in [0.3, 0.4) is 0 Å². The smallest absolute Gasteiger partial charge is 0.198 e. The van der Waals surface area contributed by atoms with E-state index in [-0.39, 0.29) is 5.84 Å². The Balaban J connectivity index is 2.69. The first-order valence-electron chi connectivity index (χ1n) is 4.02. The Morgan fingerprint density at radius 1 is 1.38 bits per heavy atom. The molecule has 0 atom stereocenters. The third-order valence-corrected chi connectivity index (χ3v) is 1.78. The Labute approximate surface area is 77.1 Å². The second kappa shape index (κ2) is 4.40. The fourth-order valence-corrected chi connectivity index (χ4v) is 1.05. The largest absolute Gasteiger partial charge is 0.384 e. The molecule has 0 spiro atoms. The standard InChI is InChI=1S/C10H11N2O/c11-10(12)9-5-3-8(4-6-9)2-1-7-13/h3-6H,1-2H2,(H3,11,12). The van der Waals surface area contributed by atoms with Gasteiger partial charge in [0, 0.05) is 12.0 Å². The summed E-state index contributed by atoms with van der Waals surface area (Å²) in [5, 5.41) is 7.16. The fourth-order valence-electron chi connectivity index (χ4n) is 1.05.